The average molecular weight is 188 g/mol. The fourth-order valence-electron chi connectivity index (χ4n) is 2.05. The van der Waals surface area contributed by atoms with Crippen molar-refractivity contribution in [2.75, 3.05) is 6.79 Å². The molecular weight excluding hydrogens is 176 g/mol. The zero-order valence-electron chi connectivity index (χ0n) is 7.90. The molecule has 0 radical (unpaired) electrons. The molecule has 0 bridgehead atoms. The Balaban J connectivity index is 1.95. The fourth-order valence-corrected chi connectivity index (χ4v) is 2.05. The van der Waals surface area contributed by atoms with Crippen molar-refractivity contribution in [1.29, 1.82) is 0 Å². The van der Waals surface area contributed by atoms with Gasteiger partial charge in [-0.3, -0.25) is 0 Å². The SMILES string of the molecule is C1=CC(c2ccc3c(c2)OCO3)CC1. The first kappa shape index (κ1) is 7.92. The Hall–Kier alpha value is -1.44. The first-order chi connectivity index (χ1) is 6.93. The van der Waals surface area contributed by atoms with Crippen LogP contribution in [0.4, 0.5) is 0 Å². The molecule has 0 saturated heterocycles. The third kappa shape index (κ3) is 1.18. The van der Waals surface area contributed by atoms with Crippen LogP contribution in [0.15, 0.2) is 30.4 Å². The van der Waals surface area contributed by atoms with Crippen molar-refractivity contribution in [2.24, 2.45) is 0 Å². The molecule has 1 aliphatic carbocycles. The number of fused-ring (bicyclic) bond motifs is 1. The van der Waals surface area contributed by atoms with Gasteiger partial charge in [-0.25, -0.2) is 0 Å². The summed E-state index contributed by atoms with van der Waals surface area (Å²) in [6.07, 6.45) is 6.94. The predicted molar refractivity (Wildman–Crippen MR) is 53.7 cm³/mol. The van der Waals surface area contributed by atoms with Crippen molar-refractivity contribution < 1.29 is 9.47 Å². The lowest BCUT2D eigenvalue weighted by Crippen LogP contribution is -1.93. The van der Waals surface area contributed by atoms with E-state index in [1.54, 1.807) is 0 Å². The van der Waals surface area contributed by atoms with Crippen molar-refractivity contribution in [3.05, 3.63) is 35.9 Å². The molecule has 1 unspecified atom stereocenters. The summed E-state index contributed by atoms with van der Waals surface area (Å²) in [5, 5.41) is 0. The summed E-state index contributed by atoms with van der Waals surface area (Å²) in [7, 11) is 0. The lowest BCUT2D eigenvalue weighted by atomic mass is 9.98. The molecule has 0 spiro atoms. The average Bonchev–Trinajstić information content (AvgIpc) is 2.88. The van der Waals surface area contributed by atoms with E-state index in [1.807, 2.05) is 6.07 Å². The smallest absolute Gasteiger partial charge is 0.231 e. The zero-order valence-corrected chi connectivity index (χ0v) is 7.90. The molecule has 0 amide bonds. The highest BCUT2D eigenvalue weighted by atomic mass is 16.7. The summed E-state index contributed by atoms with van der Waals surface area (Å²) in [6.45, 7) is 0.360. The van der Waals surface area contributed by atoms with E-state index in [0.717, 1.165) is 11.5 Å². The van der Waals surface area contributed by atoms with Crippen molar-refractivity contribution in [3.63, 3.8) is 0 Å². The normalized spacial score (nSPS) is 23.0. The summed E-state index contributed by atoms with van der Waals surface area (Å²) >= 11 is 0. The van der Waals surface area contributed by atoms with Crippen LogP contribution in [0.1, 0.15) is 24.3 Å². The summed E-state index contributed by atoms with van der Waals surface area (Å²) in [4.78, 5) is 0. The molecule has 1 atom stereocenters. The Morgan fingerprint density at radius 1 is 1.14 bits per heavy atom. The minimum absolute atomic E-state index is 0.360. The number of ether oxygens (including phenoxy) is 2. The van der Waals surface area contributed by atoms with Crippen LogP contribution in [-0.2, 0) is 0 Å². The van der Waals surface area contributed by atoms with E-state index in [1.165, 1.54) is 18.4 Å². The van der Waals surface area contributed by atoms with Crippen LogP contribution in [0.5, 0.6) is 11.5 Å². The van der Waals surface area contributed by atoms with Crippen LogP contribution in [0.3, 0.4) is 0 Å². The highest BCUT2D eigenvalue weighted by Gasteiger charge is 2.17. The second-order valence-corrected chi connectivity index (χ2v) is 3.72. The van der Waals surface area contributed by atoms with Gasteiger partial charge in [-0.2, -0.15) is 0 Å². The molecule has 1 aromatic rings. The predicted octanol–water partition coefficient (Wildman–Crippen LogP) is 2.85. The lowest BCUT2D eigenvalue weighted by molar-refractivity contribution is 0.174. The standard InChI is InChI=1S/C12H12O2/c1-2-4-9(3-1)10-5-6-11-12(7-10)14-8-13-11/h1,3,5-7,9H,2,4,8H2. The van der Waals surface area contributed by atoms with Crippen LogP contribution >= 0.6 is 0 Å². The van der Waals surface area contributed by atoms with Gasteiger partial charge in [0.2, 0.25) is 6.79 Å². The maximum atomic E-state index is 5.35. The summed E-state index contributed by atoms with van der Waals surface area (Å²) < 4.78 is 10.6. The number of rotatable bonds is 1. The third-order valence-electron chi connectivity index (χ3n) is 2.84. The van der Waals surface area contributed by atoms with Crippen LogP contribution in [0.2, 0.25) is 0 Å². The van der Waals surface area contributed by atoms with E-state index in [4.69, 9.17) is 9.47 Å². The molecule has 0 fully saturated rings. The third-order valence-corrected chi connectivity index (χ3v) is 2.84. The first-order valence-electron chi connectivity index (χ1n) is 5.00. The highest BCUT2D eigenvalue weighted by Crippen LogP contribution is 2.37. The Morgan fingerprint density at radius 3 is 2.93 bits per heavy atom. The number of benzene rings is 1. The minimum Gasteiger partial charge on any atom is -0.454 e. The van der Waals surface area contributed by atoms with Gasteiger partial charge in [-0.1, -0.05) is 18.2 Å². The van der Waals surface area contributed by atoms with Gasteiger partial charge in [0.25, 0.3) is 0 Å². The van der Waals surface area contributed by atoms with Gasteiger partial charge >= 0.3 is 0 Å². The molecule has 0 N–H and O–H groups in total. The van der Waals surface area contributed by atoms with E-state index in [0.29, 0.717) is 12.7 Å². The molecule has 2 nitrogen and oxygen atoms in total. The molecule has 0 saturated carbocycles. The second-order valence-electron chi connectivity index (χ2n) is 3.72. The van der Waals surface area contributed by atoms with E-state index in [2.05, 4.69) is 24.3 Å². The number of hydrogen-bond acceptors (Lipinski definition) is 2. The second kappa shape index (κ2) is 3.05. The molecule has 1 aliphatic heterocycles. The Labute approximate surface area is 83.1 Å². The molecule has 1 heterocycles. The molecule has 1 aromatic carbocycles. The van der Waals surface area contributed by atoms with Gasteiger partial charge in [0, 0.05) is 5.92 Å². The number of hydrogen-bond donors (Lipinski definition) is 0. The van der Waals surface area contributed by atoms with Crippen LogP contribution in [-0.4, -0.2) is 6.79 Å². The highest BCUT2D eigenvalue weighted by molar-refractivity contribution is 5.46. The van der Waals surface area contributed by atoms with Gasteiger partial charge < -0.3 is 9.47 Å². The largest absolute Gasteiger partial charge is 0.454 e. The van der Waals surface area contributed by atoms with Crippen molar-refractivity contribution in [1.82, 2.24) is 0 Å². The maximum absolute atomic E-state index is 5.35. The van der Waals surface area contributed by atoms with Gasteiger partial charge in [0.05, 0.1) is 0 Å². The molecular formula is C12H12O2. The van der Waals surface area contributed by atoms with E-state index in [-0.39, 0.29) is 0 Å². The Bertz CT molecular complexity index is 382. The zero-order chi connectivity index (χ0) is 9.38. The molecule has 0 aromatic heterocycles. The quantitative estimate of drug-likeness (QED) is 0.631. The van der Waals surface area contributed by atoms with Gasteiger partial charge in [-0.05, 0) is 30.5 Å². The van der Waals surface area contributed by atoms with E-state index < -0.39 is 0 Å². The first-order valence-corrected chi connectivity index (χ1v) is 5.00. The van der Waals surface area contributed by atoms with E-state index >= 15 is 0 Å². The Kier molecular flexibility index (Phi) is 1.72. The van der Waals surface area contributed by atoms with Crippen LogP contribution < -0.4 is 9.47 Å². The van der Waals surface area contributed by atoms with Crippen molar-refractivity contribution >= 4 is 0 Å². The van der Waals surface area contributed by atoms with Gasteiger partial charge in [-0.15, -0.1) is 0 Å². The lowest BCUT2D eigenvalue weighted by Gasteiger charge is -2.08. The molecule has 14 heavy (non-hydrogen) atoms. The topological polar surface area (TPSA) is 18.5 Å². The minimum atomic E-state index is 0.360. The van der Waals surface area contributed by atoms with E-state index in [9.17, 15) is 0 Å². The monoisotopic (exact) mass is 188 g/mol. The molecule has 2 heteroatoms. The van der Waals surface area contributed by atoms with Gasteiger partial charge in [0.1, 0.15) is 0 Å². The molecule has 3 rings (SSSR count). The van der Waals surface area contributed by atoms with Crippen LogP contribution in [0, 0.1) is 0 Å². The number of allylic oxidation sites excluding steroid dienone is 2. The van der Waals surface area contributed by atoms with Crippen molar-refractivity contribution in [3.8, 4) is 11.5 Å². The summed E-state index contributed by atoms with van der Waals surface area (Å²) in [5.41, 5.74) is 1.34. The molecule has 72 valence electrons. The van der Waals surface area contributed by atoms with Crippen molar-refractivity contribution in [2.45, 2.75) is 18.8 Å². The summed E-state index contributed by atoms with van der Waals surface area (Å²) in [5.74, 6) is 2.34. The Morgan fingerprint density at radius 2 is 2.07 bits per heavy atom. The maximum Gasteiger partial charge on any atom is 0.231 e. The van der Waals surface area contributed by atoms with Gasteiger partial charge in [0.15, 0.2) is 11.5 Å². The fraction of sp³-hybridized carbons (Fsp3) is 0.333. The van der Waals surface area contributed by atoms with Crippen LogP contribution in [0.25, 0.3) is 0 Å². The molecule has 2 aliphatic rings. The summed E-state index contributed by atoms with van der Waals surface area (Å²) in [6, 6.07) is 6.24.